The van der Waals surface area contributed by atoms with E-state index in [1.165, 1.54) is 45.1 Å². The van der Waals surface area contributed by atoms with Gasteiger partial charge in [-0.15, -0.1) is 0 Å². The lowest BCUT2D eigenvalue weighted by atomic mass is 9.67. The summed E-state index contributed by atoms with van der Waals surface area (Å²) in [4.78, 5) is 2.76. The summed E-state index contributed by atoms with van der Waals surface area (Å²) in [5, 5.41) is 0. The molecule has 0 spiro atoms. The number of nitrogens with zero attached hydrogens (tertiary/aromatic N) is 1. The minimum Gasteiger partial charge on any atom is -0.329 e. The Kier molecular flexibility index (Phi) is 4.08. The predicted octanol–water partition coefficient (Wildman–Crippen LogP) is 3.40. The Balaban J connectivity index is 2.16. The topological polar surface area (TPSA) is 29.3 Å². The highest BCUT2D eigenvalue weighted by Gasteiger charge is 2.45. The maximum absolute atomic E-state index is 6.25. The second-order valence-electron chi connectivity index (χ2n) is 7.81. The molecule has 18 heavy (non-hydrogen) atoms. The molecule has 2 aliphatic carbocycles. The summed E-state index contributed by atoms with van der Waals surface area (Å²) in [6.07, 6.45) is 8.17. The van der Waals surface area contributed by atoms with Crippen LogP contribution < -0.4 is 5.73 Å². The zero-order chi connectivity index (χ0) is 13.4. The summed E-state index contributed by atoms with van der Waals surface area (Å²) in [5.74, 6) is 0.959. The molecule has 2 aliphatic rings. The van der Waals surface area contributed by atoms with Gasteiger partial charge in [0.25, 0.3) is 0 Å². The van der Waals surface area contributed by atoms with Crippen molar-refractivity contribution in [3.05, 3.63) is 0 Å². The van der Waals surface area contributed by atoms with Crippen molar-refractivity contribution in [1.82, 2.24) is 4.90 Å². The molecule has 0 aromatic rings. The summed E-state index contributed by atoms with van der Waals surface area (Å²) < 4.78 is 0. The number of hydrogen-bond donors (Lipinski definition) is 1. The Morgan fingerprint density at radius 1 is 1.22 bits per heavy atom. The summed E-state index contributed by atoms with van der Waals surface area (Å²) in [7, 11) is 0. The lowest BCUT2D eigenvalue weighted by Crippen LogP contribution is -2.60. The number of rotatable bonds is 5. The Labute approximate surface area is 113 Å². The highest BCUT2D eigenvalue weighted by Crippen LogP contribution is 2.45. The Morgan fingerprint density at radius 3 is 2.33 bits per heavy atom. The molecule has 2 rings (SSSR count). The zero-order valence-corrected chi connectivity index (χ0v) is 12.8. The first-order chi connectivity index (χ1) is 8.38. The molecule has 1 atom stereocenters. The van der Waals surface area contributed by atoms with Gasteiger partial charge in [-0.2, -0.15) is 0 Å². The summed E-state index contributed by atoms with van der Waals surface area (Å²) in [6, 6.07) is 0.628. The lowest BCUT2D eigenvalue weighted by molar-refractivity contribution is -0.0130. The van der Waals surface area contributed by atoms with E-state index in [1.807, 2.05) is 0 Å². The van der Waals surface area contributed by atoms with Gasteiger partial charge in [0.1, 0.15) is 0 Å². The summed E-state index contributed by atoms with van der Waals surface area (Å²) in [5.41, 5.74) is 7.00. The number of hydrogen-bond acceptors (Lipinski definition) is 2. The third-order valence-corrected chi connectivity index (χ3v) is 5.07. The van der Waals surface area contributed by atoms with E-state index < -0.39 is 0 Å². The van der Waals surface area contributed by atoms with Crippen LogP contribution in [0.4, 0.5) is 0 Å². The maximum Gasteiger partial charge on any atom is 0.0339 e. The highest BCUT2D eigenvalue weighted by molar-refractivity contribution is 5.01. The van der Waals surface area contributed by atoms with Gasteiger partial charge in [0, 0.05) is 24.7 Å². The molecule has 2 heteroatoms. The molecule has 0 heterocycles. The van der Waals surface area contributed by atoms with Crippen LogP contribution in [0.25, 0.3) is 0 Å². The molecule has 106 valence electrons. The van der Waals surface area contributed by atoms with E-state index in [2.05, 4.69) is 32.6 Å². The fourth-order valence-corrected chi connectivity index (χ4v) is 4.03. The molecule has 1 unspecified atom stereocenters. The largest absolute Gasteiger partial charge is 0.329 e. The van der Waals surface area contributed by atoms with Crippen LogP contribution in [-0.2, 0) is 0 Å². The normalized spacial score (nSPS) is 32.2. The van der Waals surface area contributed by atoms with Gasteiger partial charge in [0.2, 0.25) is 0 Å². The molecule has 0 bridgehead atoms. The van der Waals surface area contributed by atoms with Gasteiger partial charge in [-0.25, -0.2) is 0 Å². The standard InChI is InChI=1S/C16H32N2/c1-13(2)18(10-14-6-7-14)16(12-17)9-5-8-15(3,4)11-16/h13-14H,5-12,17H2,1-4H3. The van der Waals surface area contributed by atoms with Crippen LogP contribution in [0.2, 0.25) is 0 Å². The molecule has 0 aromatic heterocycles. The third kappa shape index (κ3) is 3.08. The molecule has 2 nitrogen and oxygen atoms in total. The van der Waals surface area contributed by atoms with E-state index in [0.717, 1.165) is 12.5 Å². The smallest absolute Gasteiger partial charge is 0.0339 e. The minimum absolute atomic E-state index is 0.276. The average molecular weight is 252 g/mol. The lowest BCUT2D eigenvalue weighted by Gasteiger charge is -2.52. The van der Waals surface area contributed by atoms with E-state index in [9.17, 15) is 0 Å². The van der Waals surface area contributed by atoms with Crippen LogP contribution in [-0.4, -0.2) is 29.6 Å². The third-order valence-electron chi connectivity index (χ3n) is 5.07. The second-order valence-corrected chi connectivity index (χ2v) is 7.81. The summed E-state index contributed by atoms with van der Waals surface area (Å²) in [6.45, 7) is 11.7. The Hall–Kier alpha value is -0.0800. The first-order valence-electron chi connectivity index (χ1n) is 7.85. The van der Waals surface area contributed by atoms with Crippen LogP contribution in [0, 0.1) is 11.3 Å². The molecular formula is C16H32N2. The van der Waals surface area contributed by atoms with Crippen molar-refractivity contribution in [2.24, 2.45) is 17.1 Å². The minimum atomic E-state index is 0.276. The Bertz CT molecular complexity index is 281. The summed E-state index contributed by atoms with van der Waals surface area (Å²) >= 11 is 0. The molecule has 0 saturated heterocycles. The fourth-order valence-electron chi connectivity index (χ4n) is 4.03. The Morgan fingerprint density at radius 2 is 1.89 bits per heavy atom. The second kappa shape index (κ2) is 5.13. The van der Waals surface area contributed by atoms with Crippen molar-refractivity contribution >= 4 is 0 Å². The van der Waals surface area contributed by atoms with Gasteiger partial charge in [-0.3, -0.25) is 4.90 Å². The van der Waals surface area contributed by atoms with Gasteiger partial charge in [-0.1, -0.05) is 20.3 Å². The number of nitrogens with two attached hydrogens (primary N) is 1. The van der Waals surface area contributed by atoms with Gasteiger partial charge in [0.15, 0.2) is 0 Å². The van der Waals surface area contributed by atoms with E-state index in [0.29, 0.717) is 11.5 Å². The van der Waals surface area contributed by atoms with Crippen LogP contribution in [0.5, 0.6) is 0 Å². The molecule has 0 amide bonds. The van der Waals surface area contributed by atoms with E-state index >= 15 is 0 Å². The maximum atomic E-state index is 6.25. The van der Waals surface area contributed by atoms with Crippen molar-refractivity contribution in [3.63, 3.8) is 0 Å². The molecule has 2 saturated carbocycles. The van der Waals surface area contributed by atoms with Gasteiger partial charge >= 0.3 is 0 Å². The van der Waals surface area contributed by atoms with Crippen LogP contribution in [0.15, 0.2) is 0 Å². The fraction of sp³-hybridized carbons (Fsp3) is 1.00. The highest BCUT2D eigenvalue weighted by atomic mass is 15.2. The van der Waals surface area contributed by atoms with E-state index in [-0.39, 0.29) is 5.54 Å². The van der Waals surface area contributed by atoms with Gasteiger partial charge < -0.3 is 5.73 Å². The zero-order valence-electron chi connectivity index (χ0n) is 12.8. The van der Waals surface area contributed by atoms with Crippen molar-refractivity contribution in [2.75, 3.05) is 13.1 Å². The monoisotopic (exact) mass is 252 g/mol. The van der Waals surface area contributed by atoms with Crippen LogP contribution in [0.1, 0.15) is 66.2 Å². The van der Waals surface area contributed by atoms with Gasteiger partial charge in [0.05, 0.1) is 0 Å². The SMILES string of the molecule is CC(C)N(CC1CC1)C1(CN)CCCC(C)(C)C1. The van der Waals surface area contributed by atoms with Crippen molar-refractivity contribution in [2.45, 2.75) is 77.8 Å². The molecule has 2 N–H and O–H groups in total. The average Bonchev–Trinajstić information content (AvgIpc) is 3.07. The van der Waals surface area contributed by atoms with E-state index in [1.54, 1.807) is 0 Å². The quantitative estimate of drug-likeness (QED) is 0.812. The first kappa shape index (κ1) is 14.3. The van der Waals surface area contributed by atoms with Crippen molar-refractivity contribution < 1.29 is 0 Å². The molecule has 0 radical (unpaired) electrons. The molecule has 0 aliphatic heterocycles. The molecular weight excluding hydrogens is 220 g/mol. The first-order valence-corrected chi connectivity index (χ1v) is 7.85. The molecule has 0 aromatic carbocycles. The van der Waals surface area contributed by atoms with Crippen LogP contribution in [0.3, 0.4) is 0 Å². The van der Waals surface area contributed by atoms with Gasteiger partial charge in [-0.05, 0) is 57.3 Å². The van der Waals surface area contributed by atoms with Crippen molar-refractivity contribution in [1.29, 1.82) is 0 Å². The predicted molar refractivity (Wildman–Crippen MR) is 78.6 cm³/mol. The molecule has 2 fully saturated rings. The van der Waals surface area contributed by atoms with Crippen LogP contribution >= 0.6 is 0 Å². The van der Waals surface area contributed by atoms with Crippen molar-refractivity contribution in [3.8, 4) is 0 Å². The van der Waals surface area contributed by atoms with E-state index in [4.69, 9.17) is 5.73 Å².